The van der Waals surface area contributed by atoms with Gasteiger partial charge in [-0.2, -0.15) is 0 Å². The van der Waals surface area contributed by atoms with Crippen LogP contribution < -0.4 is 4.74 Å². The van der Waals surface area contributed by atoms with Gasteiger partial charge in [-0.05, 0) is 42.2 Å². The highest BCUT2D eigenvalue weighted by atomic mass is 16.6. The van der Waals surface area contributed by atoms with Crippen molar-refractivity contribution in [3.8, 4) is 5.75 Å². The molecule has 0 N–H and O–H groups in total. The van der Waals surface area contributed by atoms with Crippen LogP contribution in [0.4, 0.5) is 0 Å². The lowest BCUT2D eigenvalue weighted by Crippen LogP contribution is -2.38. The van der Waals surface area contributed by atoms with Crippen LogP contribution in [-0.4, -0.2) is 30.5 Å². The number of rotatable bonds is 18. The molecule has 2 aromatic carbocycles. The van der Waals surface area contributed by atoms with E-state index < -0.39 is 53.5 Å². The quantitative estimate of drug-likeness (QED) is 0.0924. The first kappa shape index (κ1) is 33.9. The molecule has 3 aliphatic rings. The molecule has 5 atom stereocenters. The third kappa shape index (κ3) is 8.08. The molecule has 2 aromatic rings. The summed E-state index contributed by atoms with van der Waals surface area (Å²) in [5, 5.41) is 0. The summed E-state index contributed by atoms with van der Waals surface area (Å²) in [5.74, 6) is -4.93. The Morgan fingerprint density at radius 3 is 1.83 bits per heavy atom. The van der Waals surface area contributed by atoms with Gasteiger partial charge in [0.25, 0.3) is 0 Å². The van der Waals surface area contributed by atoms with Crippen LogP contribution in [0, 0.1) is 18.8 Å². The smallest absolute Gasteiger partial charge is 0.321 e. The van der Waals surface area contributed by atoms with E-state index >= 15 is 0 Å². The molecular weight excluding hydrogens is 580 g/mol. The lowest BCUT2D eigenvalue weighted by molar-refractivity contribution is -0.155. The summed E-state index contributed by atoms with van der Waals surface area (Å²) in [4.78, 5) is 51.3. The summed E-state index contributed by atoms with van der Waals surface area (Å²) in [5.41, 5.74) is 3.22. The van der Waals surface area contributed by atoms with Crippen molar-refractivity contribution in [2.45, 2.75) is 128 Å². The third-order valence-corrected chi connectivity index (χ3v) is 10.2. The Morgan fingerprint density at radius 1 is 0.630 bits per heavy atom. The normalized spacial score (nSPS) is 23.7. The first-order valence-electron chi connectivity index (χ1n) is 17.7. The van der Waals surface area contributed by atoms with Crippen molar-refractivity contribution in [2.24, 2.45) is 11.8 Å². The maximum absolute atomic E-state index is 13.2. The van der Waals surface area contributed by atoms with Gasteiger partial charge in [0.15, 0.2) is 0 Å². The second-order valence-electron chi connectivity index (χ2n) is 13.5. The summed E-state index contributed by atoms with van der Waals surface area (Å²) in [6.45, 7) is 4.82. The lowest BCUT2D eigenvalue weighted by Gasteiger charge is -2.40. The number of aryl methyl sites for hydroxylation is 1. The Morgan fingerprint density at radius 2 is 1.24 bits per heavy atom. The number of hydrogen-bond acceptors (Lipinski definition) is 7. The van der Waals surface area contributed by atoms with Crippen LogP contribution in [0.3, 0.4) is 0 Å². The molecular formula is C39H50O7. The molecule has 0 radical (unpaired) electrons. The number of fused-ring (bicyclic) bond motifs is 3. The van der Waals surface area contributed by atoms with E-state index in [1.165, 1.54) is 77.0 Å². The highest BCUT2D eigenvalue weighted by Gasteiger charge is 2.59. The maximum atomic E-state index is 13.2. The molecule has 5 rings (SSSR count). The first-order chi connectivity index (χ1) is 22.4. The number of hydrogen-bond donors (Lipinski definition) is 0. The molecule has 2 heterocycles. The summed E-state index contributed by atoms with van der Waals surface area (Å²) < 4.78 is 16.2. The first-order valence-corrected chi connectivity index (χ1v) is 17.7. The standard InChI is InChI=1S/C39H50O7/c1-3-4-5-6-7-8-9-10-11-12-13-14-15-16-23-44-28-20-18-27(19-21-28)33-34(31-25-32(40)45-37(31)41)29-22-17-26(2)24-30(29)35-36(33)39(43)46-38(35)42/h17-22,24,31,33-36H,3-16,23,25H2,1-2H3. The van der Waals surface area contributed by atoms with Gasteiger partial charge >= 0.3 is 23.9 Å². The molecule has 0 spiro atoms. The summed E-state index contributed by atoms with van der Waals surface area (Å²) >= 11 is 0. The number of carbonyl (C=O) groups is 4. The minimum atomic E-state index is -0.794. The van der Waals surface area contributed by atoms with Gasteiger partial charge in [0.2, 0.25) is 0 Å². The minimum Gasteiger partial charge on any atom is -0.494 e. The van der Waals surface area contributed by atoms with Crippen molar-refractivity contribution in [1.29, 1.82) is 0 Å². The van der Waals surface area contributed by atoms with E-state index in [4.69, 9.17) is 14.2 Å². The van der Waals surface area contributed by atoms with Crippen molar-refractivity contribution in [3.05, 3.63) is 64.7 Å². The number of carbonyl (C=O) groups excluding carboxylic acids is 4. The van der Waals surface area contributed by atoms with Gasteiger partial charge in [-0.15, -0.1) is 0 Å². The van der Waals surface area contributed by atoms with Crippen LogP contribution in [0.5, 0.6) is 5.75 Å². The fourth-order valence-electron chi connectivity index (χ4n) is 7.79. The van der Waals surface area contributed by atoms with Crippen LogP contribution in [0.25, 0.3) is 0 Å². The predicted octanol–water partition coefficient (Wildman–Crippen LogP) is 8.61. The molecule has 0 aromatic heterocycles. The molecule has 0 saturated carbocycles. The largest absolute Gasteiger partial charge is 0.494 e. The highest BCUT2D eigenvalue weighted by Crippen LogP contribution is 2.58. The number of ether oxygens (including phenoxy) is 3. The van der Waals surface area contributed by atoms with Crippen molar-refractivity contribution in [3.63, 3.8) is 0 Å². The average Bonchev–Trinajstić information content (AvgIpc) is 3.54. The fourth-order valence-corrected chi connectivity index (χ4v) is 7.79. The zero-order chi connectivity index (χ0) is 32.5. The molecule has 2 saturated heterocycles. The molecule has 7 heteroatoms. The van der Waals surface area contributed by atoms with Gasteiger partial charge in [0.1, 0.15) is 5.75 Å². The van der Waals surface area contributed by atoms with E-state index in [2.05, 4.69) is 6.92 Å². The van der Waals surface area contributed by atoms with Crippen molar-refractivity contribution < 1.29 is 33.4 Å². The van der Waals surface area contributed by atoms with Crippen molar-refractivity contribution in [1.82, 2.24) is 0 Å². The zero-order valence-corrected chi connectivity index (χ0v) is 27.6. The number of esters is 4. The molecule has 0 bridgehead atoms. The van der Waals surface area contributed by atoms with Crippen LogP contribution in [0.1, 0.15) is 143 Å². The Balaban J connectivity index is 1.14. The van der Waals surface area contributed by atoms with Gasteiger partial charge in [-0.25, -0.2) is 0 Å². The highest BCUT2D eigenvalue weighted by molar-refractivity contribution is 6.02. The van der Waals surface area contributed by atoms with Crippen molar-refractivity contribution in [2.75, 3.05) is 6.61 Å². The molecule has 7 nitrogen and oxygen atoms in total. The van der Waals surface area contributed by atoms with Gasteiger partial charge < -0.3 is 14.2 Å². The Bertz CT molecular complexity index is 1360. The monoisotopic (exact) mass is 630 g/mol. The molecule has 248 valence electrons. The Kier molecular flexibility index (Phi) is 12.1. The maximum Gasteiger partial charge on any atom is 0.321 e. The van der Waals surface area contributed by atoms with Crippen molar-refractivity contribution >= 4 is 23.9 Å². The minimum absolute atomic E-state index is 0.0614. The lowest BCUT2D eigenvalue weighted by atomic mass is 9.59. The average molecular weight is 631 g/mol. The molecule has 0 amide bonds. The molecule has 1 aliphatic carbocycles. The van der Waals surface area contributed by atoms with E-state index in [1.54, 1.807) is 0 Å². The number of cyclic esters (lactones) is 4. The van der Waals surface area contributed by atoms with E-state index in [0.717, 1.165) is 35.3 Å². The summed E-state index contributed by atoms with van der Waals surface area (Å²) in [6.07, 6.45) is 18.3. The van der Waals surface area contributed by atoms with Crippen LogP contribution in [0.15, 0.2) is 42.5 Å². The summed E-state index contributed by atoms with van der Waals surface area (Å²) in [6, 6.07) is 13.3. The molecule has 5 unspecified atom stereocenters. The summed E-state index contributed by atoms with van der Waals surface area (Å²) in [7, 11) is 0. The fraction of sp³-hybridized carbons (Fsp3) is 0.590. The topological polar surface area (TPSA) is 96.0 Å². The van der Waals surface area contributed by atoms with E-state index in [0.29, 0.717) is 12.2 Å². The zero-order valence-electron chi connectivity index (χ0n) is 27.6. The van der Waals surface area contributed by atoms with Crippen LogP contribution in [-0.2, 0) is 28.7 Å². The van der Waals surface area contributed by atoms with E-state index in [9.17, 15) is 19.2 Å². The Labute approximate surface area is 273 Å². The van der Waals surface area contributed by atoms with E-state index in [1.807, 2.05) is 49.4 Å². The number of unbranched alkanes of at least 4 members (excludes halogenated alkanes) is 13. The van der Waals surface area contributed by atoms with Crippen LogP contribution >= 0.6 is 0 Å². The molecule has 2 fully saturated rings. The van der Waals surface area contributed by atoms with Crippen LogP contribution in [0.2, 0.25) is 0 Å². The Hall–Kier alpha value is -3.48. The SMILES string of the molecule is CCCCCCCCCCCCCCCCOc1ccc(C2C3C(=O)OC(=O)C3c3cc(C)ccc3C2C2CC(=O)OC2=O)cc1. The van der Waals surface area contributed by atoms with Gasteiger partial charge in [0, 0.05) is 11.8 Å². The second kappa shape index (κ2) is 16.4. The molecule has 2 aliphatic heterocycles. The van der Waals surface area contributed by atoms with E-state index in [-0.39, 0.29) is 6.42 Å². The third-order valence-electron chi connectivity index (χ3n) is 10.2. The van der Waals surface area contributed by atoms with Gasteiger partial charge in [0.05, 0.1) is 30.8 Å². The van der Waals surface area contributed by atoms with Gasteiger partial charge in [-0.1, -0.05) is 126 Å². The van der Waals surface area contributed by atoms with Gasteiger partial charge in [-0.3, -0.25) is 19.2 Å². The predicted molar refractivity (Wildman–Crippen MR) is 175 cm³/mol. The number of benzene rings is 2. The second-order valence-corrected chi connectivity index (χ2v) is 13.5. The molecule has 46 heavy (non-hydrogen) atoms.